The Balaban J connectivity index is 1.64. The summed E-state index contributed by atoms with van der Waals surface area (Å²) in [5.41, 5.74) is 0.915. The number of nitrogens with zero attached hydrogens (tertiary/aromatic N) is 1. The van der Waals surface area contributed by atoms with Crippen LogP contribution in [0.25, 0.3) is 0 Å². The molecule has 2 aliphatic heterocycles. The maximum atomic E-state index is 12.6. The van der Waals surface area contributed by atoms with E-state index in [9.17, 15) is 9.59 Å². The van der Waals surface area contributed by atoms with Gasteiger partial charge in [0.1, 0.15) is 0 Å². The van der Waals surface area contributed by atoms with Crippen LogP contribution in [0.5, 0.6) is 0 Å². The summed E-state index contributed by atoms with van der Waals surface area (Å²) in [7, 11) is 0. The summed E-state index contributed by atoms with van der Waals surface area (Å²) >= 11 is 6.17. The monoisotopic (exact) mass is 367 g/mol. The number of ether oxygens (including phenoxy) is 2. The van der Waals surface area contributed by atoms with Crippen molar-refractivity contribution in [3.8, 4) is 0 Å². The maximum absolute atomic E-state index is 12.6. The van der Waals surface area contributed by atoms with Crippen molar-refractivity contribution in [3.63, 3.8) is 0 Å². The van der Waals surface area contributed by atoms with Crippen molar-refractivity contribution in [2.75, 3.05) is 44.8 Å². The zero-order chi connectivity index (χ0) is 17.6. The average molecular weight is 368 g/mol. The number of hydrogen-bond acceptors (Lipinski definition) is 4. The molecule has 0 atom stereocenters. The quantitative estimate of drug-likeness (QED) is 0.857. The van der Waals surface area contributed by atoms with Gasteiger partial charge in [-0.2, -0.15) is 0 Å². The second kappa shape index (κ2) is 8.51. The minimum Gasteiger partial charge on any atom is -0.381 e. The van der Waals surface area contributed by atoms with Crippen LogP contribution in [0.3, 0.4) is 0 Å². The second-order valence-electron chi connectivity index (χ2n) is 6.08. The van der Waals surface area contributed by atoms with Gasteiger partial charge in [-0.25, -0.2) is 4.79 Å². The number of morpholine rings is 1. The van der Waals surface area contributed by atoms with E-state index < -0.39 is 0 Å². The Kier molecular flexibility index (Phi) is 6.12. The summed E-state index contributed by atoms with van der Waals surface area (Å²) in [5.74, 6) is -0.0899. The molecule has 136 valence electrons. The number of urea groups is 1. The third-order valence-electron chi connectivity index (χ3n) is 4.32. The van der Waals surface area contributed by atoms with Crippen LogP contribution in [-0.2, 0) is 9.47 Å². The summed E-state index contributed by atoms with van der Waals surface area (Å²) in [4.78, 5) is 26.5. The van der Waals surface area contributed by atoms with Gasteiger partial charge in [0.2, 0.25) is 0 Å². The Morgan fingerprint density at radius 2 is 1.76 bits per heavy atom. The van der Waals surface area contributed by atoms with Gasteiger partial charge < -0.3 is 25.0 Å². The molecule has 0 spiro atoms. The van der Waals surface area contributed by atoms with E-state index in [1.54, 1.807) is 23.1 Å². The van der Waals surface area contributed by atoms with E-state index in [1.165, 1.54) is 0 Å². The third-order valence-corrected chi connectivity index (χ3v) is 4.65. The number of anilines is 1. The maximum Gasteiger partial charge on any atom is 0.319 e. The van der Waals surface area contributed by atoms with E-state index in [0.29, 0.717) is 55.8 Å². The first-order valence-electron chi connectivity index (χ1n) is 8.45. The number of benzene rings is 1. The van der Waals surface area contributed by atoms with Crippen molar-refractivity contribution in [3.05, 3.63) is 28.8 Å². The highest BCUT2D eigenvalue weighted by atomic mass is 35.5. The zero-order valence-electron chi connectivity index (χ0n) is 13.9. The lowest BCUT2D eigenvalue weighted by Crippen LogP contribution is -2.41. The largest absolute Gasteiger partial charge is 0.381 e. The summed E-state index contributed by atoms with van der Waals surface area (Å²) < 4.78 is 10.5. The van der Waals surface area contributed by atoms with Gasteiger partial charge in [-0.3, -0.25) is 4.79 Å². The summed E-state index contributed by atoms with van der Waals surface area (Å²) in [6, 6.07) is 4.67. The second-order valence-corrected chi connectivity index (χ2v) is 6.49. The number of hydrogen-bond donors (Lipinski definition) is 2. The molecule has 0 aromatic heterocycles. The lowest BCUT2D eigenvalue weighted by Gasteiger charge is -2.27. The molecule has 0 unspecified atom stereocenters. The molecular weight excluding hydrogens is 346 g/mol. The lowest BCUT2D eigenvalue weighted by atomic mass is 10.1. The van der Waals surface area contributed by atoms with Crippen molar-refractivity contribution < 1.29 is 19.1 Å². The van der Waals surface area contributed by atoms with Crippen LogP contribution in [-0.4, -0.2) is 62.4 Å². The molecule has 3 amide bonds. The molecule has 0 bridgehead atoms. The molecule has 25 heavy (non-hydrogen) atoms. The first kappa shape index (κ1) is 18.0. The Morgan fingerprint density at radius 3 is 2.48 bits per heavy atom. The molecule has 8 heteroatoms. The molecule has 1 aromatic rings. The summed E-state index contributed by atoms with van der Waals surface area (Å²) in [6.45, 7) is 3.50. The van der Waals surface area contributed by atoms with Crippen molar-refractivity contribution in [1.82, 2.24) is 10.2 Å². The molecule has 2 aliphatic rings. The number of halogens is 1. The first-order chi connectivity index (χ1) is 12.1. The van der Waals surface area contributed by atoms with E-state index in [-0.39, 0.29) is 18.0 Å². The highest BCUT2D eigenvalue weighted by Crippen LogP contribution is 2.24. The predicted octanol–water partition coefficient (Wildman–Crippen LogP) is 2.11. The van der Waals surface area contributed by atoms with Crippen LogP contribution < -0.4 is 10.6 Å². The van der Waals surface area contributed by atoms with Gasteiger partial charge >= 0.3 is 6.03 Å². The van der Waals surface area contributed by atoms with Crippen molar-refractivity contribution >= 4 is 29.2 Å². The molecule has 2 N–H and O–H groups in total. The first-order valence-corrected chi connectivity index (χ1v) is 8.83. The molecule has 0 saturated carbocycles. The fourth-order valence-electron chi connectivity index (χ4n) is 2.89. The molecule has 2 heterocycles. The molecule has 1 aromatic carbocycles. The number of rotatable bonds is 3. The number of nitrogens with one attached hydrogen (secondary N) is 2. The zero-order valence-corrected chi connectivity index (χ0v) is 14.7. The number of carbonyl (C=O) groups excluding carboxylic acids is 2. The molecular formula is C17H22ClN3O4. The molecule has 3 rings (SSSR count). The van der Waals surface area contributed by atoms with Gasteiger partial charge in [0.05, 0.1) is 23.9 Å². The highest BCUT2D eigenvalue weighted by Gasteiger charge is 2.20. The molecule has 2 saturated heterocycles. The Bertz CT molecular complexity index is 628. The van der Waals surface area contributed by atoms with Gasteiger partial charge in [-0.15, -0.1) is 0 Å². The topological polar surface area (TPSA) is 79.9 Å². The minimum atomic E-state index is -0.329. The van der Waals surface area contributed by atoms with Crippen LogP contribution >= 0.6 is 11.6 Å². The SMILES string of the molecule is O=C(Nc1cc(C(=O)N2CCOCC2)ccc1Cl)NC1CCOCC1. The van der Waals surface area contributed by atoms with Crippen LogP contribution in [0.2, 0.25) is 5.02 Å². The van der Waals surface area contributed by atoms with Gasteiger partial charge in [0.25, 0.3) is 5.91 Å². The number of carbonyl (C=O) groups is 2. The molecule has 0 radical (unpaired) electrons. The lowest BCUT2D eigenvalue weighted by molar-refractivity contribution is 0.0303. The Hall–Kier alpha value is -1.83. The van der Waals surface area contributed by atoms with E-state index >= 15 is 0 Å². The van der Waals surface area contributed by atoms with Crippen LogP contribution in [0.15, 0.2) is 18.2 Å². The van der Waals surface area contributed by atoms with E-state index in [1.807, 2.05) is 0 Å². The number of amides is 3. The fraction of sp³-hybridized carbons (Fsp3) is 0.529. The normalized spacial score (nSPS) is 18.7. The van der Waals surface area contributed by atoms with Crippen molar-refractivity contribution in [2.45, 2.75) is 18.9 Å². The van der Waals surface area contributed by atoms with Gasteiger partial charge in [-0.05, 0) is 31.0 Å². The molecule has 0 aliphatic carbocycles. The Morgan fingerprint density at radius 1 is 1.08 bits per heavy atom. The third kappa shape index (κ3) is 4.84. The van der Waals surface area contributed by atoms with Crippen LogP contribution in [0, 0.1) is 0 Å². The van der Waals surface area contributed by atoms with Crippen LogP contribution in [0.1, 0.15) is 23.2 Å². The average Bonchev–Trinajstić information content (AvgIpc) is 2.64. The highest BCUT2D eigenvalue weighted by molar-refractivity contribution is 6.33. The van der Waals surface area contributed by atoms with E-state index in [0.717, 1.165) is 12.8 Å². The smallest absolute Gasteiger partial charge is 0.319 e. The van der Waals surface area contributed by atoms with Crippen molar-refractivity contribution in [1.29, 1.82) is 0 Å². The minimum absolute atomic E-state index is 0.0886. The van der Waals surface area contributed by atoms with E-state index in [4.69, 9.17) is 21.1 Å². The summed E-state index contributed by atoms with van der Waals surface area (Å²) in [5, 5.41) is 6.03. The van der Waals surface area contributed by atoms with Gasteiger partial charge in [-0.1, -0.05) is 11.6 Å². The molecule has 7 nitrogen and oxygen atoms in total. The standard InChI is InChI=1S/C17H22ClN3O4/c18-14-2-1-12(16(22)21-5-9-25-10-6-21)11-15(14)20-17(23)19-13-3-7-24-8-4-13/h1-2,11,13H,3-10H2,(H2,19,20,23). The Labute approximate surface area is 151 Å². The van der Waals surface area contributed by atoms with Gasteiger partial charge in [0, 0.05) is 37.9 Å². The van der Waals surface area contributed by atoms with Crippen molar-refractivity contribution in [2.24, 2.45) is 0 Å². The predicted molar refractivity (Wildman–Crippen MR) is 94.2 cm³/mol. The fourth-order valence-corrected chi connectivity index (χ4v) is 3.05. The van der Waals surface area contributed by atoms with E-state index in [2.05, 4.69) is 10.6 Å². The molecule has 2 fully saturated rings. The summed E-state index contributed by atoms with van der Waals surface area (Å²) in [6.07, 6.45) is 1.58. The van der Waals surface area contributed by atoms with Crippen LogP contribution in [0.4, 0.5) is 10.5 Å². The van der Waals surface area contributed by atoms with Gasteiger partial charge in [0.15, 0.2) is 0 Å².